The first-order chi connectivity index (χ1) is 11.1. The Morgan fingerprint density at radius 2 is 1.83 bits per heavy atom. The molecule has 0 aliphatic heterocycles. The summed E-state index contributed by atoms with van der Waals surface area (Å²) in [6, 6.07) is 5.62. The first kappa shape index (κ1) is 15.8. The fourth-order valence-electron chi connectivity index (χ4n) is 3.49. The van der Waals surface area contributed by atoms with Crippen LogP contribution in [0.5, 0.6) is 0 Å². The molecule has 3 amide bonds. The van der Waals surface area contributed by atoms with Gasteiger partial charge in [-0.05, 0) is 62.3 Å². The van der Waals surface area contributed by atoms with Gasteiger partial charge < -0.3 is 10.6 Å². The molecular formula is C18H25N3O2. The van der Waals surface area contributed by atoms with Crippen LogP contribution in [0.2, 0.25) is 0 Å². The molecule has 5 nitrogen and oxygen atoms in total. The van der Waals surface area contributed by atoms with Crippen LogP contribution in [0, 0.1) is 0 Å². The number of hydrogen-bond donors (Lipinski definition) is 3. The number of hydrogen-bond acceptors (Lipinski definition) is 3. The first-order valence-electron chi connectivity index (χ1n) is 8.61. The van der Waals surface area contributed by atoms with Gasteiger partial charge in [-0.3, -0.25) is 10.1 Å². The predicted molar refractivity (Wildman–Crippen MR) is 90.5 cm³/mol. The van der Waals surface area contributed by atoms with E-state index in [2.05, 4.69) is 28.1 Å². The molecule has 2 aliphatic carbocycles. The molecule has 3 N–H and O–H groups in total. The van der Waals surface area contributed by atoms with Crippen molar-refractivity contribution in [1.29, 1.82) is 0 Å². The number of imide groups is 1. The van der Waals surface area contributed by atoms with Gasteiger partial charge in [0.2, 0.25) is 5.91 Å². The van der Waals surface area contributed by atoms with E-state index in [4.69, 9.17) is 0 Å². The van der Waals surface area contributed by atoms with Gasteiger partial charge in [0.05, 0.1) is 0 Å². The third-order valence-electron chi connectivity index (χ3n) is 4.80. The minimum Gasteiger partial charge on any atom is -0.374 e. The largest absolute Gasteiger partial charge is 0.374 e. The maximum atomic E-state index is 12.1. The zero-order valence-corrected chi connectivity index (χ0v) is 13.7. The third kappa shape index (κ3) is 4.03. The number of amides is 3. The van der Waals surface area contributed by atoms with Crippen LogP contribution in [0.4, 0.5) is 10.5 Å². The number of fused-ring (bicyclic) bond motifs is 1. The Hall–Kier alpha value is -2.04. The Morgan fingerprint density at radius 3 is 2.61 bits per heavy atom. The quantitative estimate of drug-likeness (QED) is 0.800. The Morgan fingerprint density at radius 1 is 1.09 bits per heavy atom. The number of rotatable bonds is 4. The molecule has 1 saturated carbocycles. The average molecular weight is 315 g/mol. The molecule has 124 valence electrons. The van der Waals surface area contributed by atoms with Crippen molar-refractivity contribution >= 4 is 17.6 Å². The Bertz CT molecular complexity index is 594. The topological polar surface area (TPSA) is 70.2 Å². The Balaban J connectivity index is 1.50. The van der Waals surface area contributed by atoms with Gasteiger partial charge in [-0.25, -0.2) is 4.79 Å². The Labute approximate surface area is 137 Å². The molecule has 0 aromatic heterocycles. The molecular weight excluding hydrogens is 290 g/mol. The lowest BCUT2D eigenvalue weighted by atomic mass is 10.1. The molecule has 0 bridgehead atoms. The van der Waals surface area contributed by atoms with Crippen molar-refractivity contribution in [2.75, 3.05) is 5.32 Å². The molecule has 1 unspecified atom stereocenters. The van der Waals surface area contributed by atoms with Crippen LogP contribution in [0.3, 0.4) is 0 Å². The summed E-state index contributed by atoms with van der Waals surface area (Å²) in [5, 5.41) is 8.47. The second kappa shape index (κ2) is 7.02. The summed E-state index contributed by atoms with van der Waals surface area (Å²) in [5.41, 5.74) is 3.70. The normalized spacial score (nSPS) is 18.3. The number of urea groups is 1. The van der Waals surface area contributed by atoms with Gasteiger partial charge in [-0.1, -0.05) is 18.9 Å². The summed E-state index contributed by atoms with van der Waals surface area (Å²) >= 11 is 0. The SMILES string of the molecule is CC(Nc1ccc2c(c1)CCC2)C(=O)NC(=O)NC1CCCC1. The third-order valence-corrected chi connectivity index (χ3v) is 4.80. The molecule has 3 rings (SSSR count). The van der Waals surface area contributed by atoms with Crippen molar-refractivity contribution in [3.63, 3.8) is 0 Å². The van der Waals surface area contributed by atoms with Gasteiger partial charge in [0.25, 0.3) is 0 Å². The lowest BCUT2D eigenvalue weighted by Gasteiger charge is -2.17. The van der Waals surface area contributed by atoms with Gasteiger partial charge in [-0.15, -0.1) is 0 Å². The number of benzene rings is 1. The van der Waals surface area contributed by atoms with Gasteiger partial charge in [0, 0.05) is 11.7 Å². The van der Waals surface area contributed by atoms with Crippen molar-refractivity contribution < 1.29 is 9.59 Å². The van der Waals surface area contributed by atoms with Crippen molar-refractivity contribution in [2.24, 2.45) is 0 Å². The summed E-state index contributed by atoms with van der Waals surface area (Å²) in [5.74, 6) is -0.305. The maximum Gasteiger partial charge on any atom is 0.321 e. The zero-order valence-electron chi connectivity index (χ0n) is 13.7. The second-order valence-electron chi connectivity index (χ2n) is 6.65. The predicted octanol–water partition coefficient (Wildman–Crippen LogP) is 2.74. The molecule has 0 heterocycles. The fourth-order valence-corrected chi connectivity index (χ4v) is 3.49. The molecule has 0 saturated heterocycles. The van der Waals surface area contributed by atoms with Gasteiger partial charge in [-0.2, -0.15) is 0 Å². The van der Waals surface area contributed by atoms with Gasteiger partial charge >= 0.3 is 6.03 Å². The molecule has 23 heavy (non-hydrogen) atoms. The summed E-state index contributed by atoms with van der Waals surface area (Å²) in [6.07, 6.45) is 7.76. The maximum absolute atomic E-state index is 12.1. The minimum absolute atomic E-state index is 0.211. The molecule has 1 aromatic rings. The molecule has 1 aromatic carbocycles. The van der Waals surface area contributed by atoms with E-state index in [9.17, 15) is 9.59 Å². The van der Waals surface area contributed by atoms with Crippen molar-refractivity contribution in [1.82, 2.24) is 10.6 Å². The molecule has 0 spiro atoms. The second-order valence-corrected chi connectivity index (χ2v) is 6.65. The summed E-state index contributed by atoms with van der Waals surface area (Å²) in [7, 11) is 0. The smallest absolute Gasteiger partial charge is 0.321 e. The number of nitrogens with one attached hydrogen (secondary N) is 3. The van der Waals surface area contributed by atoms with Crippen LogP contribution in [0.1, 0.15) is 50.2 Å². The van der Waals surface area contributed by atoms with E-state index >= 15 is 0 Å². The van der Waals surface area contributed by atoms with Crippen LogP contribution in [0.25, 0.3) is 0 Å². The van der Waals surface area contributed by atoms with Crippen molar-refractivity contribution in [3.05, 3.63) is 29.3 Å². The average Bonchev–Trinajstić information content (AvgIpc) is 3.17. The molecule has 5 heteroatoms. The molecule has 0 radical (unpaired) electrons. The van der Waals surface area contributed by atoms with Gasteiger partial charge in [0.15, 0.2) is 0 Å². The van der Waals surface area contributed by atoms with E-state index < -0.39 is 6.04 Å². The van der Waals surface area contributed by atoms with Crippen LogP contribution in [0.15, 0.2) is 18.2 Å². The highest BCUT2D eigenvalue weighted by Crippen LogP contribution is 2.25. The van der Waals surface area contributed by atoms with Gasteiger partial charge in [0.1, 0.15) is 6.04 Å². The number of carbonyl (C=O) groups is 2. The van der Waals surface area contributed by atoms with E-state index in [1.165, 1.54) is 17.5 Å². The van der Waals surface area contributed by atoms with E-state index in [1.807, 2.05) is 6.07 Å². The van der Waals surface area contributed by atoms with Crippen LogP contribution < -0.4 is 16.0 Å². The highest BCUT2D eigenvalue weighted by molar-refractivity contribution is 5.98. The minimum atomic E-state index is -0.455. The fraction of sp³-hybridized carbons (Fsp3) is 0.556. The summed E-state index contributed by atoms with van der Waals surface area (Å²) < 4.78 is 0. The lowest BCUT2D eigenvalue weighted by molar-refractivity contribution is -0.120. The summed E-state index contributed by atoms with van der Waals surface area (Å²) in [4.78, 5) is 24.0. The zero-order chi connectivity index (χ0) is 16.2. The van der Waals surface area contributed by atoms with Crippen molar-refractivity contribution in [3.8, 4) is 0 Å². The van der Waals surface area contributed by atoms with Crippen LogP contribution >= 0.6 is 0 Å². The Kier molecular flexibility index (Phi) is 4.84. The van der Waals surface area contributed by atoms with E-state index in [0.717, 1.165) is 44.2 Å². The monoisotopic (exact) mass is 315 g/mol. The van der Waals surface area contributed by atoms with E-state index in [1.54, 1.807) is 6.92 Å². The van der Waals surface area contributed by atoms with Crippen LogP contribution in [-0.2, 0) is 17.6 Å². The van der Waals surface area contributed by atoms with E-state index in [-0.39, 0.29) is 18.0 Å². The molecule has 1 atom stereocenters. The van der Waals surface area contributed by atoms with Crippen LogP contribution in [-0.4, -0.2) is 24.0 Å². The number of carbonyl (C=O) groups excluding carboxylic acids is 2. The highest BCUT2D eigenvalue weighted by Gasteiger charge is 2.20. The standard InChI is InChI=1S/C18H25N3O2/c1-12(17(22)21-18(23)20-15-7-2-3-8-15)19-16-10-9-13-5-4-6-14(13)11-16/h9-12,15,19H,2-8H2,1H3,(H2,20,21,22,23). The molecule has 2 aliphatic rings. The first-order valence-corrected chi connectivity index (χ1v) is 8.61. The van der Waals surface area contributed by atoms with E-state index in [0.29, 0.717) is 0 Å². The highest BCUT2D eigenvalue weighted by atomic mass is 16.2. The lowest BCUT2D eigenvalue weighted by Crippen LogP contribution is -2.48. The summed E-state index contributed by atoms with van der Waals surface area (Å²) in [6.45, 7) is 1.77. The number of aryl methyl sites for hydroxylation is 2. The molecule has 1 fully saturated rings. The van der Waals surface area contributed by atoms with Crippen molar-refractivity contribution in [2.45, 2.75) is 64.0 Å². The number of anilines is 1.